The maximum atomic E-state index is 12.0. The molecule has 15 heavy (non-hydrogen) atoms. The largest absolute Gasteiger partial charge is 0.330 e. The highest BCUT2D eigenvalue weighted by atomic mass is 32.1. The van der Waals surface area contributed by atoms with E-state index in [9.17, 15) is 4.79 Å². The molecule has 2 N–H and O–H groups in total. The Balaban J connectivity index is 2.39. The van der Waals surface area contributed by atoms with E-state index < -0.39 is 0 Å². The Morgan fingerprint density at radius 1 is 1.53 bits per heavy atom. The van der Waals surface area contributed by atoms with Crippen LogP contribution in [0.3, 0.4) is 0 Å². The molecule has 0 fully saturated rings. The Morgan fingerprint density at radius 2 is 2.27 bits per heavy atom. The smallest absolute Gasteiger partial charge is 0.166 e. The summed E-state index contributed by atoms with van der Waals surface area (Å²) >= 11 is 1.48. The third kappa shape index (κ3) is 1.84. The zero-order chi connectivity index (χ0) is 11.0. The van der Waals surface area contributed by atoms with Crippen LogP contribution in [0.25, 0.3) is 0 Å². The third-order valence-corrected chi connectivity index (χ3v) is 3.78. The molecular formula is C11H16N2OS. The minimum atomic E-state index is 0.240. The fourth-order valence-corrected chi connectivity index (χ4v) is 3.17. The number of nitrogens with two attached hydrogens (primary N) is 1. The predicted molar refractivity (Wildman–Crippen MR) is 61.4 cm³/mol. The number of ketones is 1. The Labute approximate surface area is 93.8 Å². The van der Waals surface area contributed by atoms with Crippen LogP contribution in [-0.2, 0) is 6.42 Å². The van der Waals surface area contributed by atoms with Crippen LogP contribution in [-0.4, -0.2) is 16.7 Å². The molecule has 0 aromatic carbocycles. The van der Waals surface area contributed by atoms with E-state index in [2.05, 4.69) is 18.2 Å². The highest BCUT2D eigenvalue weighted by Crippen LogP contribution is 2.33. The maximum absolute atomic E-state index is 12.0. The molecule has 0 saturated carbocycles. The molecule has 1 unspecified atom stereocenters. The molecule has 82 valence electrons. The number of aromatic nitrogens is 1. The van der Waals surface area contributed by atoms with Gasteiger partial charge in [0.15, 0.2) is 5.78 Å². The van der Waals surface area contributed by atoms with Crippen molar-refractivity contribution >= 4 is 17.3 Å². The van der Waals surface area contributed by atoms with Crippen molar-refractivity contribution in [3.05, 3.63) is 16.1 Å². The van der Waals surface area contributed by atoms with E-state index in [-0.39, 0.29) is 5.78 Å². The average Bonchev–Trinajstić information content (AvgIpc) is 2.61. The van der Waals surface area contributed by atoms with Crippen molar-refractivity contribution in [1.82, 2.24) is 4.37 Å². The highest BCUT2D eigenvalue weighted by molar-refractivity contribution is 7.06. The lowest BCUT2D eigenvalue weighted by atomic mass is 9.85. The predicted octanol–water partition coefficient (Wildman–Crippen LogP) is 1.97. The van der Waals surface area contributed by atoms with Crippen LogP contribution in [0.5, 0.6) is 0 Å². The van der Waals surface area contributed by atoms with Gasteiger partial charge in [-0.15, -0.1) is 0 Å². The molecule has 0 spiro atoms. The first-order valence-corrected chi connectivity index (χ1v) is 6.12. The van der Waals surface area contributed by atoms with E-state index in [4.69, 9.17) is 5.73 Å². The van der Waals surface area contributed by atoms with Gasteiger partial charge in [-0.3, -0.25) is 4.79 Å². The van der Waals surface area contributed by atoms with Crippen LogP contribution < -0.4 is 5.73 Å². The number of nitrogens with zero attached hydrogens (tertiary/aromatic N) is 1. The first kappa shape index (κ1) is 10.8. The van der Waals surface area contributed by atoms with Gasteiger partial charge in [0, 0.05) is 11.3 Å². The molecule has 1 aromatic rings. The Bertz CT molecular complexity index is 384. The first-order chi connectivity index (χ1) is 7.13. The summed E-state index contributed by atoms with van der Waals surface area (Å²) in [5.41, 5.74) is 7.51. The second kappa shape index (κ2) is 4.02. The molecule has 2 rings (SSSR count). The molecule has 1 aliphatic rings. The van der Waals surface area contributed by atoms with Gasteiger partial charge < -0.3 is 5.73 Å². The molecule has 0 radical (unpaired) electrons. The summed E-state index contributed by atoms with van der Waals surface area (Å²) in [5, 5.41) is 0. The quantitative estimate of drug-likeness (QED) is 0.835. The summed E-state index contributed by atoms with van der Waals surface area (Å²) in [6, 6.07) is 0. The van der Waals surface area contributed by atoms with Gasteiger partial charge in [-0.05, 0) is 36.3 Å². The van der Waals surface area contributed by atoms with E-state index in [1.165, 1.54) is 11.5 Å². The van der Waals surface area contributed by atoms with Gasteiger partial charge in [-0.1, -0.05) is 13.8 Å². The average molecular weight is 224 g/mol. The second-order valence-electron chi connectivity index (χ2n) is 4.45. The number of rotatable bonds is 2. The fraction of sp³-hybridized carbons (Fsp3) is 0.636. The zero-order valence-corrected chi connectivity index (χ0v) is 9.93. The SMILES string of the molecule is CC(C)c1nsc2c1C(=O)CC(CN)C2. The minimum absolute atomic E-state index is 0.240. The summed E-state index contributed by atoms with van der Waals surface area (Å²) in [4.78, 5) is 13.1. The van der Waals surface area contributed by atoms with E-state index in [1.54, 1.807) is 0 Å². The summed E-state index contributed by atoms with van der Waals surface area (Å²) in [5.74, 6) is 0.901. The van der Waals surface area contributed by atoms with E-state index in [0.717, 1.165) is 22.6 Å². The molecule has 0 bridgehead atoms. The summed E-state index contributed by atoms with van der Waals surface area (Å²) in [7, 11) is 0. The van der Waals surface area contributed by atoms with Gasteiger partial charge in [-0.2, -0.15) is 4.37 Å². The molecule has 4 heteroatoms. The topological polar surface area (TPSA) is 56.0 Å². The molecule has 1 heterocycles. The van der Waals surface area contributed by atoms with Crippen LogP contribution in [0, 0.1) is 5.92 Å². The van der Waals surface area contributed by atoms with Crippen LogP contribution in [0.2, 0.25) is 0 Å². The Hall–Kier alpha value is -0.740. The molecule has 3 nitrogen and oxygen atoms in total. The monoisotopic (exact) mass is 224 g/mol. The third-order valence-electron chi connectivity index (χ3n) is 2.90. The van der Waals surface area contributed by atoms with Gasteiger partial charge in [-0.25, -0.2) is 0 Å². The van der Waals surface area contributed by atoms with Crippen LogP contribution in [0.4, 0.5) is 0 Å². The van der Waals surface area contributed by atoms with E-state index in [1.807, 2.05) is 0 Å². The van der Waals surface area contributed by atoms with Crippen molar-refractivity contribution in [2.75, 3.05) is 6.54 Å². The standard InChI is InChI=1S/C11H16N2OS/c1-6(2)11-10-8(14)3-7(5-12)4-9(10)15-13-11/h6-7H,3-5,12H2,1-2H3. The molecule has 1 atom stereocenters. The van der Waals surface area contributed by atoms with Gasteiger partial charge in [0.2, 0.25) is 0 Å². The molecular weight excluding hydrogens is 208 g/mol. The van der Waals surface area contributed by atoms with Crippen molar-refractivity contribution < 1.29 is 4.79 Å². The highest BCUT2D eigenvalue weighted by Gasteiger charge is 2.30. The van der Waals surface area contributed by atoms with Crippen molar-refractivity contribution in [3.8, 4) is 0 Å². The van der Waals surface area contributed by atoms with E-state index >= 15 is 0 Å². The normalized spacial score (nSPS) is 20.8. The van der Waals surface area contributed by atoms with Crippen molar-refractivity contribution in [3.63, 3.8) is 0 Å². The number of hydrogen-bond acceptors (Lipinski definition) is 4. The molecule has 0 aliphatic heterocycles. The number of carbonyl (C=O) groups is 1. The van der Waals surface area contributed by atoms with Gasteiger partial charge >= 0.3 is 0 Å². The Kier molecular flexibility index (Phi) is 2.89. The van der Waals surface area contributed by atoms with Crippen LogP contribution in [0.1, 0.15) is 47.1 Å². The molecule has 0 amide bonds. The van der Waals surface area contributed by atoms with Crippen LogP contribution in [0.15, 0.2) is 0 Å². The van der Waals surface area contributed by atoms with Gasteiger partial charge in [0.25, 0.3) is 0 Å². The second-order valence-corrected chi connectivity index (χ2v) is 5.31. The first-order valence-electron chi connectivity index (χ1n) is 5.35. The number of Topliss-reactive ketones (excluding diaryl/α,β-unsaturated/α-hetero) is 1. The number of hydrogen-bond donors (Lipinski definition) is 1. The maximum Gasteiger partial charge on any atom is 0.166 e. The van der Waals surface area contributed by atoms with Crippen LogP contribution >= 0.6 is 11.5 Å². The lowest BCUT2D eigenvalue weighted by Gasteiger charge is -2.19. The minimum Gasteiger partial charge on any atom is -0.330 e. The number of fused-ring (bicyclic) bond motifs is 1. The zero-order valence-electron chi connectivity index (χ0n) is 9.12. The molecule has 1 aromatic heterocycles. The number of carbonyl (C=O) groups excluding carboxylic acids is 1. The van der Waals surface area contributed by atoms with Gasteiger partial charge in [0.05, 0.1) is 11.3 Å². The summed E-state index contributed by atoms with van der Waals surface area (Å²) in [6.45, 7) is 4.76. The lowest BCUT2D eigenvalue weighted by molar-refractivity contribution is 0.0950. The van der Waals surface area contributed by atoms with Crippen molar-refractivity contribution in [1.29, 1.82) is 0 Å². The summed E-state index contributed by atoms with van der Waals surface area (Å²) < 4.78 is 4.40. The van der Waals surface area contributed by atoms with Gasteiger partial charge in [0.1, 0.15) is 0 Å². The molecule has 1 aliphatic carbocycles. The van der Waals surface area contributed by atoms with Crippen molar-refractivity contribution in [2.24, 2.45) is 11.7 Å². The summed E-state index contributed by atoms with van der Waals surface area (Å²) in [6.07, 6.45) is 1.53. The van der Waals surface area contributed by atoms with E-state index in [0.29, 0.717) is 24.8 Å². The van der Waals surface area contributed by atoms with Crippen molar-refractivity contribution in [2.45, 2.75) is 32.6 Å². The molecule has 0 saturated heterocycles. The Morgan fingerprint density at radius 3 is 2.87 bits per heavy atom. The fourth-order valence-electron chi connectivity index (χ4n) is 2.04. The lowest BCUT2D eigenvalue weighted by Crippen LogP contribution is -2.25.